The van der Waals surface area contributed by atoms with Crippen molar-refractivity contribution in [3.8, 4) is 0 Å². The SMILES string of the molecule is Brc1ccc(Br)cc1.CC(=O)O.CC(=O)O.CC(C)(C)c1ccc(N(c2ccc(N(c3ccc(C(C)(C)C)cc3)c3ccc(C(C)(C)C)cc3)cc2)c2ccc(C(C)(C)C)cc2)cc1.CC(C)(C)c1cccc(Nc2cccc(C(C)(C)C)c2)c1.[Pd]. The Balaban J connectivity index is 0.000000414. The number of carboxylic acid groups (broad SMARTS) is 2. The summed E-state index contributed by atoms with van der Waals surface area (Å²) in [5, 5.41) is 18.4. The number of benzene rings is 8. The van der Waals surface area contributed by atoms with E-state index in [2.05, 4.69) is 341 Å². The van der Waals surface area contributed by atoms with Crippen LogP contribution in [0.5, 0.6) is 0 Å². The zero-order valence-electron chi connectivity index (χ0n) is 54.7. The van der Waals surface area contributed by atoms with Gasteiger partial charge >= 0.3 is 0 Å². The topological polar surface area (TPSA) is 93.1 Å². The molecule has 0 spiro atoms. The fourth-order valence-corrected chi connectivity index (χ4v) is 9.34. The van der Waals surface area contributed by atoms with Crippen molar-refractivity contribution in [1.29, 1.82) is 0 Å². The molecule has 0 saturated carbocycles. The van der Waals surface area contributed by atoms with Crippen molar-refractivity contribution in [3.05, 3.63) is 236 Å². The van der Waals surface area contributed by atoms with E-state index in [1.165, 1.54) is 33.4 Å². The van der Waals surface area contributed by atoms with Crippen molar-refractivity contribution in [2.24, 2.45) is 0 Å². The van der Waals surface area contributed by atoms with Crippen LogP contribution in [0.4, 0.5) is 45.5 Å². The van der Waals surface area contributed by atoms with Crippen LogP contribution in [0, 0.1) is 0 Å². The normalized spacial score (nSPS) is 11.5. The smallest absolute Gasteiger partial charge is 0.300 e. The van der Waals surface area contributed by atoms with Gasteiger partial charge in [-0.1, -0.05) is 229 Å². The van der Waals surface area contributed by atoms with E-state index in [1.807, 2.05) is 24.3 Å². The predicted octanol–water partition coefficient (Wildman–Crippen LogP) is 23.2. The molecule has 0 amide bonds. The second-order valence-electron chi connectivity index (χ2n) is 27.6. The van der Waals surface area contributed by atoms with E-state index in [1.54, 1.807) is 0 Å². The molecule has 0 radical (unpaired) electrons. The molecule has 7 nitrogen and oxygen atoms in total. The standard InChI is InChI=1S/C46H56N2.C20H27N.C6H4Br2.2C2H4O2.Pd/c1-43(2,3)33-13-21-37(22-14-33)47(38-23-15-34(16-24-38)44(4,5)6)41-29-31-42(32-30-41)48(39-25-17-35(18-26-39)45(7,8)9)40-27-19-36(20-28-40)46(10,11)12;1-19(2,3)15-9-7-11-17(13-15)21-18-12-8-10-16(14-18)20(4,5)6;7-5-1-2-6(8)4-3-5;2*1-2(3)4;/h13-32H,1-12H3;7-14,21H,1-6H3;1-4H;2*1H3,(H,3,4);. The molecule has 0 fully saturated rings. The molecule has 0 unspecified atom stereocenters. The quantitative estimate of drug-likeness (QED) is 0.131. The van der Waals surface area contributed by atoms with Gasteiger partial charge in [-0.05, 0) is 187 Å². The summed E-state index contributed by atoms with van der Waals surface area (Å²) in [6, 6.07) is 70.5. The first-order chi connectivity index (χ1) is 39.2. The van der Waals surface area contributed by atoms with Gasteiger partial charge in [0.05, 0.1) is 0 Å². The molecule has 0 bridgehead atoms. The van der Waals surface area contributed by atoms with E-state index in [0.717, 1.165) is 68.3 Å². The summed E-state index contributed by atoms with van der Waals surface area (Å²) >= 11 is 6.65. The van der Waals surface area contributed by atoms with E-state index < -0.39 is 11.9 Å². The van der Waals surface area contributed by atoms with Crippen molar-refractivity contribution < 1.29 is 40.2 Å². The van der Waals surface area contributed by atoms with Crippen molar-refractivity contribution in [2.45, 2.75) is 171 Å². The van der Waals surface area contributed by atoms with Crippen LogP contribution < -0.4 is 15.1 Å². The number of hydrogen-bond donors (Lipinski definition) is 3. The Morgan fingerprint density at radius 2 is 0.488 bits per heavy atom. The summed E-state index contributed by atoms with van der Waals surface area (Å²) in [6.07, 6.45) is 0. The Morgan fingerprint density at radius 1 is 0.314 bits per heavy atom. The summed E-state index contributed by atoms with van der Waals surface area (Å²) in [7, 11) is 0. The first kappa shape index (κ1) is 74.0. The fraction of sp³-hybridized carbons (Fsp3) is 0.342. The van der Waals surface area contributed by atoms with E-state index >= 15 is 0 Å². The van der Waals surface area contributed by atoms with Gasteiger partial charge in [0.1, 0.15) is 0 Å². The van der Waals surface area contributed by atoms with Crippen molar-refractivity contribution in [2.75, 3.05) is 15.1 Å². The van der Waals surface area contributed by atoms with Crippen LogP contribution in [0.2, 0.25) is 0 Å². The minimum Gasteiger partial charge on any atom is -0.481 e. The fourth-order valence-electron chi connectivity index (χ4n) is 8.81. The van der Waals surface area contributed by atoms with Crippen LogP contribution in [-0.2, 0) is 62.5 Å². The van der Waals surface area contributed by atoms with Gasteiger partial charge in [-0.25, -0.2) is 0 Å². The maximum atomic E-state index is 9.00. The number of nitrogens with zero attached hydrogens (tertiary/aromatic N) is 2. The Bertz CT molecular complexity index is 3010. The number of rotatable bonds is 8. The summed E-state index contributed by atoms with van der Waals surface area (Å²) in [5.41, 5.74) is 17.9. The minimum absolute atomic E-state index is 0. The Kier molecular flexibility index (Phi) is 27.2. The molecule has 0 aromatic heterocycles. The molecule has 10 heteroatoms. The number of carbonyl (C=O) groups is 2. The van der Waals surface area contributed by atoms with Gasteiger partial charge in [-0.2, -0.15) is 0 Å². The van der Waals surface area contributed by atoms with Gasteiger partial charge in [0.25, 0.3) is 11.9 Å². The number of halogens is 2. The monoisotopic (exact) mass is 1380 g/mol. The van der Waals surface area contributed by atoms with Gasteiger partial charge in [-0.15, -0.1) is 0 Å². The van der Waals surface area contributed by atoms with Crippen LogP contribution in [0.3, 0.4) is 0 Å². The third kappa shape index (κ3) is 24.1. The Morgan fingerprint density at radius 3 is 0.663 bits per heavy atom. The molecule has 3 N–H and O–H groups in total. The molecule has 86 heavy (non-hydrogen) atoms. The average molecular weight is 1380 g/mol. The molecule has 462 valence electrons. The number of anilines is 8. The first-order valence-electron chi connectivity index (χ1n) is 29.1. The van der Waals surface area contributed by atoms with E-state index in [0.29, 0.717) is 0 Å². The van der Waals surface area contributed by atoms with Crippen LogP contribution in [-0.4, -0.2) is 22.2 Å². The molecule has 8 rings (SSSR count). The zero-order chi connectivity index (χ0) is 63.9. The van der Waals surface area contributed by atoms with Gasteiger partial charge in [-0.3, -0.25) is 9.59 Å². The van der Waals surface area contributed by atoms with E-state index in [-0.39, 0.29) is 52.9 Å². The van der Waals surface area contributed by atoms with Crippen LogP contribution in [0.25, 0.3) is 0 Å². The average Bonchev–Trinajstić information content (AvgIpc) is 2.09. The zero-order valence-corrected chi connectivity index (χ0v) is 59.4. The second kappa shape index (κ2) is 31.6. The molecule has 0 atom stereocenters. The molecule has 0 saturated heterocycles. The summed E-state index contributed by atoms with van der Waals surface area (Å²) < 4.78 is 2.22. The third-order valence-electron chi connectivity index (χ3n) is 13.9. The summed E-state index contributed by atoms with van der Waals surface area (Å²) in [5.74, 6) is -1.67. The van der Waals surface area contributed by atoms with Gasteiger partial charge in [0.15, 0.2) is 0 Å². The number of carboxylic acids is 2. The van der Waals surface area contributed by atoms with Crippen molar-refractivity contribution in [1.82, 2.24) is 0 Å². The van der Waals surface area contributed by atoms with E-state index in [4.69, 9.17) is 19.8 Å². The van der Waals surface area contributed by atoms with Gasteiger partial charge in [0, 0.05) is 88.7 Å². The minimum atomic E-state index is -0.833. The summed E-state index contributed by atoms with van der Waals surface area (Å²) in [4.78, 5) is 22.7. The first-order valence-corrected chi connectivity index (χ1v) is 30.7. The molecule has 0 heterocycles. The maximum absolute atomic E-state index is 9.00. The van der Waals surface area contributed by atoms with Gasteiger partial charge < -0.3 is 25.3 Å². The molecule has 0 aliphatic rings. The number of hydrogen-bond acceptors (Lipinski definition) is 5. The predicted molar refractivity (Wildman–Crippen MR) is 373 cm³/mol. The molecular weight excluding hydrogens is 1290 g/mol. The van der Waals surface area contributed by atoms with Crippen LogP contribution in [0.15, 0.2) is 203 Å². The van der Waals surface area contributed by atoms with E-state index in [9.17, 15) is 0 Å². The molecule has 8 aromatic rings. The molecule has 8 aromatic carbocycles. The second-order valence-corrected chi connectivity index (χ2v) is 29.5. The van der Waals surface area contributed by atoms with Crippen LogP contribution >= 0.6 is 31.9 Å². The van der Waals surface area contributed by atoms with Gasteiger partial charge in [0.2, 0.25) is 0 Å². The maximum Gasteiger partial charge on any atom is 0.300 e. The molecule has 0 aliphatic heterocycles. The summed E-state index contributed by atoms with van der Waals surface area (Å²) in [6.45, 7) is 42.8. The number of aliphatic carboxylic acids is 2. The van der Waals surface area contributed by atoms with Crippen LogP contribution in [0.1, 0.15) is 172 Å². The van der Waals surface area contributed by atoms with Crippen molar-refractivity contribution in [3.63, 3.8) is 0 Å². The number of nitrogens with one attached hydrogen (secondary N) is 1. The largest absolute Gasteiger partial charge is 0.481 e. The Hall–Kier alpha value is -6.28. The molecular formula is C76H95Br2N3O4Pd. The molecule has 0 aliphatic carbocycles. The Labute approximate surface area is 548 Å². The third-order valence-corrected chi connectivity index (χ3v) is 14.9. The van der Waals surface area contributed by atoms with Crippen molar-refractivity contribution >= 4 is 89.3 Å².